The zero-order valence-electron chi connectivity index (χ0n) is 18.9. The maximum atomic E-state index is 13.0. The van der Waals surface area contributed by atoms with E-state index in [4.69, 9.17) is 4.84 Å². The number of hydrogen-bond acceptors (Lipinski definition) is 5. The summed E-state index contributed by atoms with van der Waals surface area (Å²) in [5.41, 5.74) is 2.42. The molecule has 8 heteroatoms. The van der Waals surface area contributed by atoms with Crippen molar-refractivity contribution in [2.75, 3.05) is 6.54 Å². The van der Waals surface area contributed by atoms with E-state index in [0.29, 0.717) is 30.7 Å². The first-order valence-electron chi connectivity index (χ1n) is 12.2. The van der Waals surface area contributed by atoms with Gasteiger partial charge in [-0.3, -0.25) is 0 Å². The quantitative estimate of drug-likeness (QED) is 0.608. The third kappa shape index (κ3) is 3.51. The van der Waals surface area contributed by atoms with Gasteiger partial charge in [0.05, 0.1) is 0 Å². The van der Waals surface area contributed by atoms with Crippen LogP contribution < -0.4 is 0 Å². The number of benzene rings is 1. The molecule has 6 aliphatic rings. The van der Waals surface area contributed by atoms with Crippen LogP contribution in [0.2, 0.25) is 0 Å². The number of hydroxylamine groups is 1. The summed E-state index contributed by atoms with van der Waals surface area (Å²) >= 11 is 0. The Labute approximate surface area is 191 Å². The molecular formula is C25H30F3N3O2. The molecule has 4 bridgehead atoms. The summed E-state index contributed by atoms with van der Waals surface area (Å²) in [4.78, 5) is 18.7. The standard InChI is InChI=1S/C25H30F3N3O2/c1-15-4-2-3-5-20(15)19-6-7-21-30(14-19)22(29-31(21)33-23(32)25(26,27)28)24-11-16-8-17(12-24)10-18(9-16)13-24/h2-5,16-19,21H,6-14H2,1H3. The van der Waals surface area contributed by atoms with E-state index >= 15 is 0 Å². The number of piperidine rings is 1. The summed E-state index contributed by atoms with van der Waals surface area (Å²) in [6.45, 7) is 2.80. The molecule has 5 nitrogen and oxygen atoms in total. The van der Waals surface area contributed by atoms with Crippen LogP contribution in [0.3, 0.4) is 0 Å². The highest BCUT2D eigenvalue weighted by Gasteiger charge is 2.58. The highest BCUT2D eigenvalue weighted by atomic mass is 19.4. The van der Waals surface area contributed by atoms with Crippen molar-refractivity contribution in [1.29, 1.82) is 0 Å². The van der Waals surface area contributed by atoms with Crippen LogP contribution in [-0.2, 0) is 9.63 Å². The third-order valence-electron chi connectivity index (χ3n) is 8.82. The number of nitrogens with zero attached hydrogens (tertiary/aromatic N) is 3. The van der Waals surface area contributed by atoms with Gasteiger partial charge in [-0.1, -0.05) is 29.4 Å². The van der Waals surface area contributed by atoms with Crippen LogP contribution in [-0.4, -0.2) is 40.8 Å². The number of carbonyl (C=O) groups excluding carboxylic acids is 1. The van der Waals surface area contributed by atoms with Crippen molar-refractivity contribution in [2.24, 2.45) is 28.3 Å². The van der Waals surface area contributed by atoms with Crippen LogP contribution in [0.25, 0.3) is 0 Å². The number of halogens is 3. The van der Waals surface area contributed by atoms with Gasteiger partial charge in [-0.15, -0.1) is 5.10 Å². The lowest BCUT2D eigenvalue weighted by Crippen LogP contribution is -2.57. The molecule has 0 radical (unpaired) electrons. The molecule has 5 fully saturated rings. The van der Waals surface area contributed by atoms with E-state index in [0.717, 1.165) is 36.7 Å². The Kier molecular flexibility index (Phi) is 4.76. The highest BCUT2D eigenvalue weighted by molar-refractivity contribution is 5.90. The lowest BCUT2D eigenvalue weighted by atomic mass is 9.49. The molecule has 2 aliphatic heterocycles. The summed E-state index contributed by atoms with van der Waals surface area (Å²) in [6, 6.07) is 8.33. The number of hydrogen-bond donors (Lipinski definition) is 0. The first-order chi connectivity index (χ1) is 15.7. The van der Waals surface area contributed by atoms with Gasteiger partial charge in [0, 0.05) is 17.9 Å². The zero-order valence-corrected chi connectivity index (χ0v) is 18.9. The largest absolute Gasteiger partial charge is 0.493 e. The fourth-order valence-corrected chi connectivity index (χ4v) is 7.94. The van der Waals surface area contributed by atoms with E-state index in [1.54, 1.807) is 0 Å². The second-order valence-corrected chi connectivity index (χ2v) is 11.1. The van der Waals surface area contributed by atoms with Crippen molar-refractivity contribution in [2.45, 2.75) is 76.6 Å². The molecular weight excluding hydrogens is 431 g/mol. The third-order valence-corrected chi connectivity index (χ3v) is 8.82. The van der Waals surface area contributed by atoms with Gasteiger partial charge in [-0.05, 0) is 87.2 Å². The number of carbonyl (C=O) groups is 1. The molecule has 0 amide bonds. The second kappa shape index (κ2) is 7.37. The Bertz CT molecular complexity index is 956. The molecule has 1 aromatic carbocycles. The van der Waals surface area contributed by atoms with Gasteiger partial charge in [-0.25, -0.2) is 4.79 Å². The molecule has 2 atom stereocenters. The van der Waals surface area contributed by atoms with Crippen LogP contribution in [0.1, 0.15) is 68.4 Å². The maximum absolute atomic E-state index is 13.0. The fourth-order valence-electron chi connectivity index (χ4n) is 7.94. The number of amidine groups is 1. The molecule has 0 spiro atoms. The highest BCUT2D eigenvalue weighted by Crippen LogP contribution is 2.61. The zero-order chi connectivity index (χ0) is 23.0. The van der Waals surface area contributed by atoms with Crippen LogP contribution >= 0.6 is 0 Å². The predicted octanol–water partition coefficient (Wildman–Crippen LogP) is 5.37. The smallest absolute Gasteiger partial charge is 0.333 e. The first kappa shape index (κ1) is 21.3. The Morgan fingerprint density at radius 2 is 1.70 bits per heavy atom. The van der Waals surface area contributed by atoms with Crippen molar-refractivity contribution in [3.63, 3.8) is 0 Å². The van der Waals surface area contributed by atoms with Crippen LogP contribution in [0.4, 0.5) is 13.2 Å². The van der Waals surface area contributed by atoms with Gasteiger partial charge in [0.25, 0.3) is 0 Å². The van der Waals surface area contributed by atoms with E-state index in [9.17, 15) is 18.0 Å². The normalized spacial score (nSPS) is 37.2. The molecule has 0 N–H and O–H groups in total. The summed E-state index contributed by atoms with van der Waals surface area (Å²) in [6.07, 6.45) is 2.89. The average molecular weight is 462 g/mol. The van der Waals surface area contributed by atoms with Gasteiger partial charge in [0.1, 0.15) is 5.84 Å². The number of fused-ring (bicyclic) bond motifs is 1. The van der Waals surface area contributed by atoms with Crippen molar-refractivity contribution >= 4 is 11.8 Å². The van der Waals surface area contributed by atoms with E-state index in [1.807, 2.05) is 12.1 Å². The molecule has 2 heterocycles. The molecule has 7 rings (SSSR count). The summed E-state index contributed by atoms with van der Waals surface area (Å²) in [5, 5.41) is 5.64. The van der Waals surface area contributed by atoms with Gasteiger partial charge in [0.2, 0.25) is 0 Å². The van der Waals surface area contributed by atoms with Crippen molar-refractivity contribution in [1.82, 2.24) is 10.1 Å². The maximum Gasteiger partial charge on any atom is 0.493 e. The molecule has 1 saturated heterocycles. The van der Waals surface area contributed by atoms with E-state index in [1.165, 1.54) is 30.4 Å². The van der Waals surface area contributed by atoms with E-state index in [-0.39, 0.29) is 11.3 Å². The van der Waals surface area contributed by atoms with Gasteiger partial charge in [0.15, 0.2) is 6.17 Å². The van der Waals surface area contributed by atoms with Crippen molar-refractivity contribution in [3.8, 4) is 0 Å². The monoisotopic (exact) mass is 461 g/mol. The summed E-state index contributed by atoms with van der Waals surface area (Å²) < 4.78 is 39.0. The van der Waals surface area contributed by atoms with Crippen molar-refractivity contribution < 1.29 is 22.8 Å². The molecule has 2 unspecified atom stereocenters. The number of hydrazone groups is 1. The van der Waals surface area contributed by atoms with Crippen LogP contribution in [0, 0.1) is 30.1 Å². The number of alkyl halides is 3. The summed E-state index contributed by atoms with van der Waals surface area (Å²) in [5.74, 6) is 1.00. The van der Waals surface area contributed by atoms with Gasteiger partial charge >= 0.3 is 12.1 Å². The first-order valence-corrected chi connectivity index (χ1v) is 12.2. The van der Waals surface area contributed by atoms with E-state index < -0.39 is 18.3 Å². The van der Waals surface area contributed by atoms with Gasteiger partial charge in [-0.2, -0.15) is 13.2 Å². The molecule has 0 aromatic heterocycles. The van der Waals surface area contributed by atoms with Crippen LogP contribution in [0.15, 0.2) is 29.4 Å². The van der Waals surface area contributed by atoms with Crippen molar-refractivity contribution in [3.05, 3.63) is 35.4 Å². The minimum atomic E-state index is -5.04. The van der Waals surface area contributed by atoms with E-state index in [2.05, 4.69) is 29.1 Å². The summed E-state index contributed by atoms with van der Waals surface area (Å²) in [7, 11) is 0. The number of rotatable bonds is 3. The fraction of sp³-hybridized carbons (Fsp3) is 0.680. The SMILES string of the molecule is Cc1ccccc1C1CCC2N(OC(=O)C(F)(F)F)N=C(C34CC5CC(CC(C5)C3)C4)N2C1. The molecule has 4 aliphatic carbocycles. The Balaban J connectivity index is 1.34. The second-order valence-electron chi connectivity index (χ2n) is 11.1. The lowest BCUT2D eigenvalue weighted by Gasteiger charge is -2.57. The average Bonchev–Trinajstić information content (AvgIpc) is 3.11. The number of aryl methyl sites for hydroxylation is 1. The molecule has 33 heavy (non-hydrogen) atoms. The molecule has 1 aromatic rings. The lowest BCUT2D eigenvalue weighted by molar-refractivity contribution is -0.251. The topological polar surface area (TPSA) is 45.1 Å². The predicted molar refractivity (Wildman–Crippen MR) is 116 cm³/mol. The minimum absolute atomic E-state index is 0.0972. The molecule has 178 valence electrons. The van der Waals surface area contributed by atoms with Gasteiger partial charge < -0.3 is 9.74 Å². The Hall–Kier alpha value is -2.25. The molecule has 4 saturated carbocycles. The Morgan fingerprint density at radius 1 is 1.06 bits per heavy atom. The Morgan fingerprint density at radius 3 is 2.30 bits per heavy atom. The van der Waals surface area contributed by atoms with Crippen LogP contribution in [0.5, 0.6) is 0 Å². The minimum Gasteiger partial charge on any atom is -0.333 e.